The Bertz CT molecular complexity index is 725. The molecule has 2 aromatic rings. The molecule has 0 bridgehead atoms. The van der Waals surface area contributed by atoms with Gasteiger partial charge in [-0.15, -0.1) is 0 Å². The lowest BCUT2D eigenvalue weighted by atomic mass is 9.91. The third kappa shape index (κ3) is 4.24. The van der Waals surface area contributed by atoms with Gasteiger partial charge in [0.05, 0.1) is 12.8 Å². The van der Waals surface area contributed by atoms with E-state index in [2.05, 4.69) is 14.6 Å². The lowest BCUT2D eigenvalue weighted by Crippen LogP contribution is -2.40. The quantitative estimate of drug-likeness (QED) is 0.835. The summed E-state index contributed by atoms with van der Waals surface area (Å²) in [6.45, 7) is 2.11. The summed E-state index contributed by atoms with van der Waals surface area (Å²) in [5.74, 6) is -0.590. The van der Waals surface area contributed by atoms with E-state index in [1.807, 2.05) is 0 Å². The average Bonchev–Trinajstić information content (AvgIpc) is 3.09. The normalized spacial score (nSPS) is 17.4. The Hall–Kier alpha value is -2.25. The fourth-order valence-electron chi connectivity index (χ4n) is 3.10. The molecule has 1 aliphatic heterocycles. The first-order chi connectivity index (χ1) is 12.1. The molecule has 0 amide bonds. The minimum Gasteiger partial charge on any atom is -0.467 e. The number of carbonyl (C=O) groups excluding carboxylic acids is 1. The molecule has 2 heterocycles. The fourth-order valence-corrected chi connectivity index (χ4v) is 3.10. The van der Waals surface area contributed by atoms with Crippen LogP contribution in [0.1, 0.15) is 18.5 Å². The zero-order valence-corrected chi connectivity index (χ0v) is 14.0. The predicted octanol–water partition coefficient (Wildman–Crippen LogP) is 2.23. The zero-order chi connectivity index (χ0) is 17.8. The first kappa shape index (κ1) is 17.6. The second kappa shape index (κ2) is 7.76. The van der Waals surface area contributed by atoms with Crippen LogP contribution in [0.5, 0.6) is 0 Å². The summed E-state index contributed by atoms with van der Waals surface area (Å²) in [5.41, 5.74) is 1.37. The third-order valence-electron chi connectivity index (χ3n) is 4.53. The highest BCUT2D eigenvalue weighted by Gasteiger charge is 2.30. The van der Waals surface area contributed by atoms with E-state index in [9.17, 15) is 14.3 Å². The Morgan fingerprint density at radius 1 is 1.48 bits per heavy atom. The summed E-state index contributed by atoms with van der Waals surface area (Å²) in [6, 6.07) is 6.12. The van der Waals surface area contributed by atoms with Crippen molar-refractivity contribution >= 4 is 5.97 Å². The number of nitrogens with zero attached hydrogens (tertiary/aromatic N) is 2. The molecule has 7 heteroatoms. The van der Waals surface area contributed by atoms with E-state index in [0.29, 0.717) is 30.8 Å². The van der Waals surface area contributed by atoms with Crippen LogP contribution in [0.25, 0.3) is 11.5 Å². The maximum atomic E-state index is 13.3. The molecule has 1 fully saturated rings. The van der Waals surface area contributed by atoms with Crippen molar-refractivity contribution in [3.63, 3.8) is 0 Å². The van der Waals surface area contributed by atoms with Gasteiger partial charge in [-0.2, -0.15) is 0 Å². The number of halogens is 1. The predicted molar refractivity (Wildman–Crippen MR) is 87.9 cm³/mol. The summed E-state index contributed by atoms with van der Waals surface area (Å²) in [5, 5.41) is 9.92. The number of likely N-dealkylation sites (tertiary alicyclic amines) is 1. The maximum absolute atomic E-state index is 13.3. The number of carbonyl (C=O) groups is 1. The summed E-state index contributed by atoms with van der Waals surface area (Å²) < 4.78 is 23.3. The Morgan fingerprint density at radius 2 is 2.24 bits per heavy atom. The minimum absolute atomic E-state index is 0.0798. The fraction of sp³-hybridized carbons (Fsp3) is 0.444. The molecule has 3 rings (SSSR count). The Balaban J connectivity index is 1.55. The molecule has 1 atom stereocenters. The molecule has 1 saturated heterocycles. The number of methoxy groups -OCH3 is 1. The summed E-state index contributed by atoms with van der Waals surface area (Å²) >= 11 is 0. The maximum Gasteiger partial charge on any atom is 0.334 e. The van der Waals surface area contributed by atoms with Crippen molar-refractivity contribution in [2.45, 2.75) is 25.5 Å². The first-order valence-electron chi connectivity index (χ1n) is 8.25. The number of hydrogen-bond acceptors (Lipinski definition) is 6. The molecule has 0 spiro atoms. The van der Waals surface area contributed by atoms with Gasteiger partial charge in [-0.3, -0.25) is 4.90 Å². The van der Waals surface area contributed by atoms with Gasteiger partial charge in [0.15, 0.2) is 6.10 Å². The van der Waals surface area contributed by atoms with Crippen molar-refractivity contribution in [1.29, 1.82) is 0 Å². The molecule has 1 aromatic carbocycles. The van der Waals surface area contributed by atoms with Crippen LogP contribution in [0.4, 0.5) is 4.39 Å². The molecule has 0 saturated carbocycles. The van der Waals surface area contributed by atoms with Crippen molar-refractivity contribution < 1.29 is 23.4 Å². The summed E-state index contributed by atoms with van der Waals surface area (Å²) in [6.07, 6.45) is 1.95. The summed E-state index contributed by atoms with van der Waals surface area (Å²) in [7, 11) is 1.28. The highest BCUT2D eigenvalue weighted by atomic mass is 19.1. The number of piperidine rings is 1. The Kier molecular flexibility index (Phi) is 5.45. The van der Waals surface area contributed by atoms with Crippen LogP contribution in [0, 0.1) is 11.7 Å². The molecule has 0 aliphatic carbocycles. The second-order valence-corrected chi connectivity index (χ2v) is 6.24. The van der Waals surface area contributed by atoms with Crippen molar-refractivity contribution in [2.75, 3.05) is 20.2 Å². The van der Waals surface area contributed by atoms with Gasteiger partial charge in [-0.05, 0) is 50.0 Å². The van der Waals surface area contributed by atoms with Crippen LogP contribution >= 0.6 is 0 Å². The van der Waals surface area contributed by atoms with Gasteiger partial charge < -0.3 is 14.3 Å². The Labute approximate surface area is 145 Å². The molecule has 1 unspecified atom stereocenters. The second-order valence-electron chi connectivity index (χ2n) is 6.24. The van der Waals surface area contributed by atoms with Gasteiger partial charge in [-0.1, -0.05) is 6.07 Å². The Morgan fingerprint density at radius 3 is 2.92 bits per heavy atom. The average molecular weight is 348 g/mol. The van der Waals surface area contributed by atoms with E-state index in [4.69, 9.17) is 4.42 Å². The number of rotatable bonds is 5. The zero-order valence-electron chi connectivity index (χ0n) is 14.0. The number of aromatic nitrogens is 1. The topological polar surface area (TPSA) is 75.8 Å². The monoisotopic (exact) mass is 348 g/mol. The van der Waals surface area contributed by atoms with Crippen LogP contribution in [0.15, 0.2) is 34.9 Å². The third-order valence-corrected chi connectivity index (χ3v) is 4.53. The van der Waals surface area contributed by atoms with Crippen LogP contribution in [0.3, 0.4) is 0 Å². The van der Waals surface area contributed by atoms with Gasteiger partial charge in [0.25, 0.3) is 0 Å². The molecular weight excluding hydrogens is 327 g/mol. The highest BCUT2D eigenvalue weighted by Crippen LogP contribution is 2.24. The number of benzene rings is 1. The van der Waals surface area contributed by atoms with Crippen molar-refractivity contribution in [2.24, 2.45) is 5.92 Å². The van der Waals surface area contributed by atoms with Gasteiger partial charge in [0, 0.05) is 12.1 Å². The molecule has 1 N–H and O–H groups in total. The molecule has 1 aliphatic rings. The van der Waals surface area contributed by atoms with Crippen LogP contribution in [-0.4, -0.2) is 47.3 Å². The van der Waals surface area contributed by atoms with Crippen LogP contribution < -0.4 is 0 Å². The lowest BCUT2D eigenvalue weighted by molar-refractivity contribution is -0.154. The van der Waals surface area contributed by atoms with E-state index < -0.39 is 12.1 Å². The number of aliphatic hydroxyl groups excluding tert-OH is 1. The molecular formula is C18H21FN2O4. The first-order valence-corrected chi connectivity index (χ1v) is 8.25. The number of esters is 1. The number of ether oxygens (including phenoxy) is 1. The van der Waals surface area contributed by atoms with E-state index in [0.717, 1.165) is 18.8 Å². The van der Waals surface area contributed by atoms with Gasteiger partial charge in [0.1, 0.15) is 12.1 Å². The van der Waals surface area contributed by atoms with Crippen molar-refractivity contribution in [1.82, 2.24) is 9.88 Å². The highest BCUT2D eigenvalue weighted by molar-refractivity contribution is 5.74. The SMILES string of the molecule is COC(=O)C(O)C1CCN(Cc2coc(-c3cccc(F)c3)n2)CC1. The molecule has 25 heavy (non-hydrogen) atoms. The lowest BCUT2D eigenvalue weighted by Gasteiger charge is -2.32. The molecule has 0 radical (unpaired) electrons. The van der Waals surface area contributed by atoms with E-state index in [-0.39, 0.29) is 11.7 Å². The van der Waals surface area contributed by atoms with E-state index in [1.165, 1.54) is 19.2 Å². The van der Waals surface area contributed by atoms with Gasteiger partial charge in [0.2, 0.25) is 5.89 Å². The van der Waals surface area contributed by atoms with Crippen LogP contribution in [-0.2, 0) is 16.1 Å². The smallest absolute Gasteiger partial charge is 0.334 e. The van der Waals surface area contributed by atoms with Crippen molar-refractivity contribution in [3.05, 3.63) is 42.0 Å². The molecule has 6 nitrogen and oxygen atoms in total. The molecule has 134 valence electrons. The number of oxazole rings is 1. The van der Waals surface area contributed by atoms with E-state index >= 15 is 0 Å². The van der Waals surface area contributed by atoms with Crippen LogP contribution in [0.2, 0.25) is 0 Å². The van der Waals surface area contributed by atoms with Crippen molar-refractivity contribution in [3.8, 4) is 11.5 Å². The van der Waals surface area contributed by atoms with Gasteiger partial charge in [-0.25, -0.2) is 14.2 Å². The largest absolute Gasteiger partial charge is 0.467 e. The minimum atomic E-state index is -1.06. The summed E-state index contributed by atoms with van der Waals surface area (Å²) in [4.78, 5) is 18.0. The standard InChI is InChI=1S/C18H21FN2O4/c1-24-18(23)16(22)12-5-7-21(8-6-12)10-15-11-25-17(20-15)13-3-2-4-14(19)9-13/h2-4,9,11-12,16,22H,5-8,10H2,1H3. The molecule has 1 aromatic heterocycles. The number of hydrogen-bond donors (Lipinski definition) is 1. The van der Waals surface area contributed by atoms with E-state index in [1.54, 1.807) is 18.4 Å². The van der Waals surface area contributed by atoms with Gasteiger partial charge >= 0.3 is 5.97 Å². The number of aliphatic hydroxyl groups is 1.